The van der Waals surface area contributed by atoms with Gasteiger partial charge in [-0.3, -0.25) is 0 Å². The Morgan fingerprint density at radius 3 is 2.00 bits per heavy atom. The van der Waals surface area contributed by atoms with Gasteiger partial charge in [0.25, 0.3) is 0 Å². The molecule has 0 saturated carbocycles. The maximum Gasteiger partial charge on any atom is 0.175 e. The summed E-state index contributed by atoms with van der Waals surface area (Å²) >= 11 is 0. The number of rotatable bonds is 6. The van der Waals surface area contributed by atoms with Crippen LogP contribution in [0, 0.1) is 0 Å². The van der Waals surface area contributed by atoms with Crippen LogP contribution in [-0.2, 0) is 26.2 Å². The molecule has 0 aliphatic rings. The molecular weight excluding hydrogens is 286 g/mol. The fourth-order valence-electron chi connectivity index (χ4n) is 1.66. The first-order chi connectivity index (χ1) is 8.58. The van der Waals surface area contributed by atoms with E-state index < -0.39 is 19.7 Å². The predicted octanol–water partition coefficient (Wildman–Crippen LogP) is 0.613. The molecule has 0 radical (unpaired) electrons. The highest BCUT2D eigenvalue weighted by molar-refractivity contribution is 7.91. The van der Waals surface area contributed by atoms with Crippen molar-refractivity contribution in [3.8, 4) is 0 Å². The van der Waals surface area contributed by atoms with Crippen LogP contribution in [-0.4, -0.2) is 41.1 Å². The monoisotopic (exact) mass is 305 g/mol. The third-order valence-corrected chi connectivity index (χ3v) is 4.79. The number of hydrogen-bond donors (Lipinski definition) is 1. The Balaban J connectivity index is 2.60. The third kappa shape index (κ3) is 6.17. The van der Waals surface area contributed by atoms with E-state index in [1.54, 1.807) is 31.2 Å². The quantitative estimate of drug-likeness (QED) is 0.833. The molecule has 108 valence electrons. The molecule has 1 unspecified atom stereocenters. The Kier molecular flexibility index (Phi) is 5.11. The summed E-state index contributed by atoms with van der Waals surface area (Å²) in [5.74, 6) is 0.0778. The molecule has 0 fully saturated rings. The van der Waals surface area contributed by atoms with Gasteiger partial charge in [0.2, 0.25) is 0 Å². The van der Waals surface area contributed by atoms with E-state index in [0.29, 0.717) is 6.54 Å². The molecule has 0 amide bonds. The van der Waals surface area contributed by atoms with Crippen molar-refractivity contribution in [2.24, 2.45) is 0 Å². The van der Waals surface area contributed by atoms with Gasteiger partial charge in [0.15, 0.2) is 9.84 Å². The molecule has 1 aromatic rings. The molecule has 1 N–H and O–H groups in total. The Labute approximate surface area is 114 Å². The van der Waals surface area contributed by atoms with Crippen molar-refractivity contribution in [1.29, 1.82) is 0 Å². The van der Waals surface area contributed by atoms with Gasteiger partial charge >= 0.3 is 0 Å². The van der Waals surface area contributed by atoms with Crippen molar-refractivity contribution < 1.29 is 16.8 Å². The Bertz CT molecular complexity index is 618. The summed E-state index contributed by atoms with van der Waals surface area (Å²) in [6.45, 7) is 2.30. The average Bonchev–Trinajstić information content (AvgIpc) is 2.23. The first kappa shape index (κ1) is 16.1. The van der Waals surface area contributed by atoms with Gasteiger partial charge in [0, 0.05) is 25.1 Å². The van der Waals surface area contributed by atoms with Crippen LogP contribution in [0.1, 0.15) is 12.5 Å². The summed E-state index contributed by atoms with van der Waals surface area (Å²) in [4.78, 5) is 0.278. The Morgan fingerprint density at radius 2 is 1.58 bits per heavy atom. The van der Waals surface area contributed by atoms with Crippen LogP contribution >= 0.6 is 0 Å². The van der Waals surface area contributed by atoms with Crippen molar-refractivity contribution in [1.82, 2.24) is 5.32 Å². The number of hydrogen-bond acceptors (Lipinski definition) is 5. The van der Waals surface area contributed by atoms with Crippen LogP contribution in [0.3, 0.4) is 0 Å². The second-order valence-corrected chi connectivity index (χ2v) is 8.99. The van der Waals surface area contributed by atoms with E-state index in [9.17, 15) is 16.8 Å². The maximum atomic E-state index is 11.3. The second-order valence-electron chi connectivity index (χ2n) is 4.79. The van der Waals surface area contributed by atoms with Gasteiger partial charge in [-0.15, -0.1) is 0 Å². The van der Waals surface area contributed by atoms with E-state index in [1.807, 2.05) is 0 Å². The first-order valence-corrected chi connectivity index (χ1v) is 9.73. The molecule has 1 rings (SSSR count). The van der Waals surface area contributed by atoms with E-state index in [0.717, 1.165) is 11.8 Å². The molecule has 0 bridgehead atoms. The van der Waals surface area contributed by atoms with Gasteiger partial charge in [-0.25, -0.2) is 16.8 Å². The molecule has 1 atom stereocenters. The van der Waals surface area contributed by atoms with E-state index in [4.69, 9.17) is 0 Å². The molecule has 7 heteroatoms. The zero-order chi connectivity index (χ0) is 14.7. The highest BCUT2D eigenvalue weighted by Gasteiger charge is 2.10. The number of nitrogens with one attached hydrogen (secondary N) is 1. The lowest BCUT2D eigenvalue weighted by molar-refractivity contribution is 0.560. The lowest BCUT2D eigenvalue weighted by Gasteiger charge is -2.12. The van der Waals surface area contributed by atoms with Crippen LogP contribution in [0.15, 0.2) is 29.2 Å². The summed E-state index contributed by atoms with van der Waals surface area (Å²) in [6, 6.07) is 6.39. The molecule has 0 saturated heterocycles. The van der Waals surface area contributed by atoms with E-state index in [1.165, 1.54) is 6.26 Å². The standard InChI is InChI=1S/C12H19NO4S2/c1-10(9-18(2,14)15)13-8-11-4-6-12(7-5-11)19(3,16)17/h4-7,10,13H,8-9H2,1-3H3. The molecule has 19 heavy (non-hydrogen) atoms. The van der Waals surface area contributed by atoms with Crippen LogP contribution in [0.4, 0.5) is 0 Å². The molecule has 0 aliphatic carbocycles. The minimum Gasteiger partial charge on any atom is -0.309 e. The summed E-state index contributed by atoms with van der Waals surface area (Å²) in [7, 11) is -6.17. The summed E-state index contributed by atoms with van der Waals surface area (Å²) in [6.07, 6.45) is 2.36. The Hall–Kier alpha value is -0.920. The highest BCUT2D eigenvalue weighted by Crippen LogP contribution is 2.10. The van der Waals surface area contributed by atoms with Gasteiger partial charge in [-0.05, 0) is 24.6 Å². The van der Waals surface area contributed by atoms with Gasteiger partial charge in [-0.1, -0.05) is 12.1 Å². The molecule has 0 spiro atoms. The van der Waals surface area contributed by atoms with Crippen LogP contribution in [0.25, 0.3) is 0 Å². The zero-order valence-electron chi connectivity index (χ0n) is 11.3. The molecule has 0 aromatic heterocycles. The maximum absolute atomic E-state index is 11.3. The number of benzene rings is 1. The summed E-state index contributed by atoms with van der Waals surface area (Å²) in [5.41, 5.74) is 0.910. The minimum absolute atomic E-state index is 0.0778. The summed E-state index contributed by atoms with van der Waals surface area (Å²) < 4.78 is 44.8. The highest BCUT2D eigenvalue weighted by atomic mass is 32.2. The third-order valence-electron chi connectivity index (χ3n) is 2.56. The summed E-state index contributed by atoms with van der Waals surface area (Å²) in [5, 5.41) is 3.09. The van der Waals surface area contributed by atoms with E-state index in [2.05, 4.69) is 5.32 Å². The van der Waals surface area contributed by atoms with Gasteiger partial charge < -0.3 is 5.32 Å². The van der Waals surface area contributed by atoms with Crippen molar-refractivity contribution in [3.05, 3.63) is 29.8 Å². The minimum atomic E-state index is -3.17. The molecular formula is C12H19NO4S2. The normalized spacial score (nSPS) is 14.3. The fourth-order valence-corrected chi connectivity index (χ4v) is 3.32. The number of sulfone groups is 2. The predicted molar refractivity (Wildman–Crippen MR) is 75.6 cm³/mol. The van der Waals surface area contributed by atoms with Gasteiger partial charge in [-0.2, -0.15) is 0 Å². The Morgan fingerprint density at radius 1 is 1.05 bits per heavy atom. The topological polar surface area (TPSA) is 80.3 Å². The lowest BCUT2D eigenvalue weighted by atomic mass is 10.2. The van der Waals surface area contributed by atoms with Crippen LogP contribution < -0.4 is 5.32 Å². The smallest absolute Gasteiger partial charge is 0.175 e. The van der Waals surface area contributed by atoms with Crippen molar-refractivity contribution >= 4 is 19.7 Å². The lowest BCUT2D eigenvalue weighted by Crippen LogP contribution is -2.32. The van der Waals surface area contributed by atoms with Gasteiger partial charge in [0.1, 0.15) is 9.84 Å². The molecule has 1 aromatic carbocycles. The zero-order valence-corrected chi connectivity index (χ0v) is 12.9. The first-order valence-electron chi connectivity index (χ1n) is 5.78. The van der Waals surface area contributed by atoms with Crippen LogP contribution in [0.2, 0.25) is 0 Å². The van der Waals surface area contributed by atoms with Crippen LogP contribution in [0.5, 0.6) is 0 Å². The fraction of sp³-hybridized carbons (Fsp3) is 0.500. The second kappa shape index (κ2) is 6.02. The average molecular weight is 305 g/mol. The van der Waals surface area contributed by atoms with E-state index >= 15 is 0 Å². The van der Waals surface area contributed by atoms with Crippen molar-refractivity contribution in [2.45, 2.75) is 24.4 Å². The molecule has 0 heterocycles. The van der Waals surface area contributed by atoms with Gasteiger partial charge in [0.05, 0.1) is 10.6 Å². The van der Waals surface area contributed by atoms with Crippen molar-refractivity contribution in [2.75, 3.05) is 18.3 Å². The van der Waals surface area contributed by atoms with Crippen molar-refractivity contribution in [3.63, 3.8) is 0 Å². The van der Waals surface area contributed by atoms with E-state index in [-0.39, 0.29) is 16.7 Å². The SMILES string of the molecule is CC(CS(C)(=O)=O)NCc1ccc(S(C)(=O)=O)cc1. The molecule has 0 aliphatic heterocycles. The largest absolute Gasteiger partial charge is 0.309 e. The molecule has 5 nitrogen and oxygen atoms in total.